The standard InChI is InChI=1S/C13H14Cl3NO3/c1-17(2)12(19)10-5-3-9(4-6-10)7-11(18)20-8-13(14,15)16/h3-6H,7-8H2,1-2H3. The van der Waals surface area contributed by atoms with Crippen LogP contribution in [0.3, 0.4) is 0 Å². The molecule has 0 aliphatic carbocycles. The second-order valence-electron chi connectivity index (χ2n) is 4.35. The molecular weight excluding hydrogens is 325 g/mol. The average Bonchev–Trinajstić information content (AvgIpc) is 2.35. The normalized spacial score (nSPS) is 11.1. The van der Waals surface area contributed by atoms with Crippen LogP contribution in [0.25, 0.3) is 0 Å². The highest BCUT2D eigenvalue weighted by molar-refractivity contribution is 6.67. The molecule has 0 unspecified atom stereocenters. The molecule has 0 aliphatic heterocycles. The average molecular weight is 339 g/mol. The first kappa shape index (κ1) is 17.1. The summed E-state index contributed by atoms with van der Waals surface area (Å²) in [5.41, 5.74) is 1.27. The molecule has 0 fully saturated rings. The van der Waals surface area contributed by atoms with Crippen molar-refractivity contribution in [3.05, 3.63) is 35.4 Å². The Hall–Kier alpha value is -0.970. The second kappa shape index (κ2) is 7.16. The van der Waals surface area contributed by atoms with Gasteiger partial charge in [-0.25, -0.2) is 0 Å². The Morgan fingerprint density at radius 1 is 1.15 bits per heavy atom. The molecule has 4 nitrogen and oxygen atoms in total. The lowest BCUT2D eigenvalue weighted by atomic mass is 10.1. The molecule has 0 N–H and O–H groups in total. The van der Waals surface area contributed by atoms with Crippen LogP contribution in [0.1, 0.15) is 15.9 Å². The lowest BCUT2D eigenvalue weighted by Crippen LogP contribution is -2.21. The summed E-state index contributed by atoms with van der Waals surface area (Å²) in [7, 11) is 3.34. The van der Waals surface area contributed by atoms with Crippen LogP contribution in [-0.2, 0) is 16.0 Å². The Kier molecular flexibility index (Phi) is 6.11. The molecule has 110 valence electrons. The number of hydrogen-bond donors (Lipinski definition) is 0. The highest BCUT2D eigenvalue weighted by Gasteiger charge is 2.22. The summed E-state index contributed by atoms with van der Waals surface area (Å²) >= 11 is 16.4. The van der Waals surface area contributed by atoms with Crippen molar-refractivity contribution in [2.75, 3.05) is 20.7 Å². The van der Waals surface area contributed by atoms with Gasteiger partial charge in [-0.1, -0.05) is 46.9 Å². The number of carbonyl (C=O) groups excluding carboxylic acids is 2. The van der Waals surface area contributed by atoms with E-state index in [-0.39, 0.29) is 18.9 Å². The number of alkyl halides is 3. The first-order chi connectivity index (χ1) is 9.19. The summed E-state index contributed by atoms with van der Waals surface area (Å²) in [6, 6.07) is 6.68. The van der Waals surface area contributed by atoms with E-state index in [0.29, 0.717) is 5.56 Å². The van der Waals surface area contributed by atoms with Crippen molar-refractivity contribution in [1.82, 2.24) is 4.90 Å². The lowest BCUT2D eigenvalue weighted by Gasteiger charge is -2.12. The van der Waals surface area contributed by atoms with Gasteiger partial charge in [0, 0.05) is 19.7 Å². The van der Waals surface area contributed by atoms with Crippen LogP contribution < -0.4 is 0 Å². The monoisotopic (exact) mass is 337 g/mol. The zero-order valence-corrected chi connectivity index (χ0v) is 13.3. The van der Waals surface area contributed by atoms with Crippen molar-refractivity contribution in [2.24, 2.45) is 0 Å². The van der Waals surface area contributed by atoms with Gasteiger partial charge in [-0.15, -0.1) is 0 Å². The molecular formula is C13H14Cl3NO3. The number of esters is 1. The SMILES string of the molecule is CN(C)C(=O)c1ccc(CC(=O)OCC(Cl)(Cl)Cl)cc1. The minimum absolute atomic E-state index is 0.0528. The quantitative estimate of drug-likeness (QED) is 0.626. The number of halogens is 3. The molecule has 7 heteroatoms. The van der Waals surface area contributed by atoms with Crippen LogP contribution in [0.2, 0.25) is 0 Å². The van der Waals surface area contributed by atoms with E-state index < -0.39 is 9.76 Å². The van der Waals surface area contributed by atoms with Gasteiger partial charge in [0.05, 0.1) is 6.42 Å². The number of amides is 1. The zero-order chi connectivity index (χ0) is 15.3. The van der Waals surface area contributed by atoms with Gasteiger partial charge in [0.25, 0.3) is 5.91 Å². The maximum absolute atomic E-state index is 11.7. The Labute approximate surface area is 132 Å². The zero-order valence-electron chi connectivity index (χ0n) is 11.0. The third-order valence-electron chi connectivity index (χ3n) is 2.35. The van der Waals surface area contributed by atoms with Crippen molar-refractivity contribution in [3.63, 3.8) is 0 Å². The van der Waals surface area contributed by atoms with Crippen molar-refractivity contribution in [1.29, 1.82) is 0 Å². The van der Waals surface area contributed by atoms with Crippen LogP contribution in [0.4, 0.5) is 0 Å². The molecule has 0 spiro atoms. The third-order valence-corrected chi connectivity index (χ3v) is 2.68. The van der Waals surface area contributed by atoms with E-state index in [1.54, 1.807) is 38.4 Å². The number of nitrogens with zero attached hydrogens (tertiary/aromatic N) is 1. The maximum atomic E-state index is 11.7. The lowest BCUT2D eigenvalue weighted by molar-refractivity contribution is -0.142. The van der Waals surface area contributed by atoms with Gasteiger partial charge in [-0.3, -0.25) is 9.59 Å². The van der Waals surface area contributed by atoms with E-state index in [2.05, 4.69) is 0 Å². The molecule has 1 amide bonds. The van der Waals surface area contributed by atoms with Gasteiger partial charge < -0.3 is 9.64 Å². The minimum atomic E-state index is -1.61. The van der Waals surface area contributed by atoms with Crippen LogP contribution >= 0.6 is 34.8 Å². The summed E-state index contributed by atoms with van der Waals surface area (Å²) in [4.78, 5) is 24.7. The van der Waals surface area contributed by atoms with Gasteiger partial charge in [0.2, 0.25) is 3.79 Å². The van der Waals surface area contributed by atoms with E-state index in [0.717, 1.165) is 5.56 Å². The number of benzene rings is 1. The van der Waals surface area contributed by atoms with E-state index in [4.69, 9.17) is 39.5 Å². The van der Waals surface area contributed by atoms with Crippen LogP contribution in [-0.4, -0.2) is 41.3 Å². The summed E-state index contributed by atoms with van der Waals surface area (Å²) in [6.07, 6.45) is 0.0528. The molecule has 1 aromatic rings. The molecule has 0 aromatic heterocycles. The fourth-order valence-corrected chi connectivity index (χ4v) is 1.57. The summed E-state index contributed by atoms with van der Waals surface area (Å²) < 4.78 is 3.20. The van der Waals surface area contributed by atoms with Crippen molar-refractivity contribution in [3.8, 4) is 0 Å². The van der Waals surface area contributed by atoms with E-state index in [1.165, 1.54) is 4.90 Å². The molecule has 0 aliphatic rings. The molecule has 1 aromatic carbocycles. The number of ether oxygens (including phenoxy) is 1. The molecule has 0 saturated heterocycles. The predicted octanol–water partition coefficient (Wildman–Crippen LogP) is 2.84. The van der Waals surface area contributed by atoms with Gasteiger partial charge in [-0.05, 0) is 17.7 Å². The summed E-state index contributed by atoms with van der Waals surface area (Å²) in [5, 5.41) is 0. The molecule has 0 saturated carbocycles. The fourth-order valence-electron chi connectivity index (χ4n) is 1.40. The van der Waals surface area contributed by atoms with E-state index in [9.17, 15) is 9.59 Å². The number of rotatable bonds is 4. The van der Waals surface area contributed by atoms with Gasteiger partial charge in [-0.2, -0.15) is 0 Å². The smallest absolute Gasteiger partial charge is 0.310 e. The third kappa shape index (κ3) is 5.99. The first-order valence-electron chi connectivity index (χ1n) is 5.72. The van der Waals surface area contributed by atoms with E-state index in [1.807, 2.05) is 0 Å². The highest BCUT2D eigenvalue weighted by atomic mass is 35.6. The van der Waals surface area contributed by atoms with E-state index >= 15 is 0 Å². The van der Waals surface area contributed by atoms with Crippen LogP contribution in [0.5, 0.6) is 0 Å². The Morgan fingerprint density at radius 3 is 2.15 bits per heavy atom. The molecule has 0 heterocycles. The van der Waals surface area contributed by atoms with Crippen molar-refractivity contribution in [2.45, 2.75) is 10.2 Å². The molecule has 0 atom stereocenters. The van der Waals surface area contributed by atoms with Gasteiger partial charge >= 0.3 is 5.97 Å². The number of carbonyl (C=O) groups is 2. The first-order valence-corrected chi connectivity index (χ1v) is 6.85. The topological polar surface area (TPSA) is 46.6 Å². The molecule has 0 radical (unpaired) electrons. The fraction of sp³-hybridized carbons (Fsp3) is 0.385. The Morgan fingerprint density at radius 2 is 1.70 bits per heavy atom. The summed E-state index contributed by atoms with van der Waals surface area (Å²) in [5.74, 6) is -0.599. The Bertz CT molecular complexity index is 481. The predicted molar refractivity (Wildman–Crippen MR) is 79.4 cm³/mol. The molecule has 1 rings (SSSR count). The number of hydrogen-bond acceptors (Lipinski definition) is 3. The minimum Gasteiger partial charge on any atom is -0.461 e. The second-order valence-corrected chi connectivity index (χ2v) is 6.87. The van der Waals surface area contributed by atoms with Gasteiger partial charge in [0.1, 0.15) is 6.61 Å². The van der Waals surface area contributed by atoms with Gasteiger partial charge in [0.15, 0.2) is 0 Å². The largest absolute Gasteiger partial charge is 0.461 e. The molecule has 20 heavy (non-hydrogen) atoms. The van der Waals surface area contributed by atoms with Crippen LogP contribution in [0.15, 0.2) is 24.3 Å². The van der Waals surface area contributed by atoms with Crippen molar-refractivity contribution < 1.29 is 14.3 Å². The van der Waals surface area contributed by atoms with Crippen molar-refractivity contribution >= 4 is 46.7 Å². The summed E-state index contributed by atoms with van der Waals surface area (Å²) in [6.45, 7) is -0.298. The Balaban J connectivity index is 2.57. The maximum Gasteiger partial charge on any atom is 0.310 e. The molecule has 0 bridgehead atoms. The highest BCUT2D eigenvalue weighted by Crippen LogP contribution is 2.26. The van der Waals surface area contributed by atoms with Crippen LogP contribution in [0, 0.1) is 0 Å².